The highest BCUT2D eigenvalue weighted by Crippen LogP contribution is 2.18. The van der Waals surface area contributed by atoms with Crippen molar-refractivity contribution in [2.45, 2.75) is 6.54 Å². The molecule has 2 N–H and O–H groups in total. The number of aromatic nitrogens is 2. The minimum atomic E-state index is -0.273. The highest BCUT2D eigenvalue weighted by molar-refractivity contribution is 6.04. The number of nitrogens with one attached hydrogen (secondary N) is 2. The Morgan fingerprint density at radius 1 is 1.16 bits per heavy atom. The van der Waals surface area contributed by atoms with Gasteiger partial charge < -0.3 is 20.0 Å². The molecule has 0 saturated carbocycles. The Labute approximate surface area is 143 Å². The van der Waals surface area contributed by atoms with Gasteiger partial charge in [0.1, 0.15) is 5.52 Å². The van der Waals surface area contributed by atoms with Crippen molar-refractivity contribution in [3.8, 4) is 0 Å². The number of rotatable bonds is 4. The zero-order valence-electron chi connectivity index (χ0n) is 13.8. The van der Waals surface area contributed by atoms with Crippen LogP contribution in [0.1, 0.15) is 16.1 Å². The summed E-state index contributed by atoms with van der Waals surface area (Å²) in [4.78, 5) is 33.6. The minimum absolute atomic E-state index is 0.224. The van der Waals surface area contributed by atoms with Gasteiger partial charge in [-0.1, -0.05) is 0 Å². The monoisotopic (exact) mass is 339 g/mol. The van der Waals surface area contributed by atoms with Crippen LogP contribution in [0.15, 0.2) is 47.3 Å². The number of hydrogen-bond acceptors (Lipinski definition) is 5. The first-order chi connectivity index (χ1) is 12.0. The Kier molecular flexibility index (Phi) is 4.60. The third kappa shape index (κ3) is 3.92. The molecule has 1 aromatic carbocycles. The van der Waals surface area contributed by atoms with Gasteiger partial charge in [0.2, 0.25) is 0 Å². The number of carbonyl (C=O) groups is 2. The van der Waals surface area contributed by atoms with E-state index in [0.717, 1.165) is 0 Å². The predicted molar refractivity (Wildman–Crippen MR) is 92.1 cm³/mol. The Hall–Kier alpha value is -3.42. The van der Waals surface area contributed by atoms with E-state index in [4.69, 9.17) is 4.42 Å². The lowest BCUT2D eigenvalue weighted by atomic mass is 10.2. The summed E-state index contributed by atoms with van der Waals surface area (Å²) in [5, 5.41) is 5.51. The van der Waals surface area contributed by atoms with Crippen LogP contribution in [-0.4, -0.2) is 40.9 Å². The molecule has 0 atom stereocenters. The molecule has 2 heterocycles. The third-order valence-corrected chi connectivity index (χ3v) is 3.49. The molecule has 0 aliphatic rings. The minimum Gasteiger partial charge on any atom is -0.443 e. The van der Waals surface area contributed by atoms with E-state index in [-0.39, 0.29) is 18.5 Å². The van der Waals surface area contributed by atoms with Crippen LogP contribution in [0.3, 0.4) is 0 Å². The maximum absolute atomic E-state index is 12.4. The van der Waals surface area contributed by atoms with E-state index in [0.29, 0.717) is 28.0 Å². The average Bonchev–Trinajstić information content (AvgIpc) is 3.07. The maximum Gasteiger partial charge on any atom is 0.317 e. The first-order valence-corrected chi connectivity index (χ1v) is 7.57. The van der Waals surface area contributed by atoms with E-state index in [1.165, 1.54) is 17.5 Å². The Morgan fingerprint density at radius 2 is 2.00 bits per heavy atom. The van der Waals surface area contributed by atoms with Crippen LogP contribution in [0, 0.1) is 0 Å². The third-order valence-electron chi connectivity index (χ3n) is 3.49. The number of fused-ring (bicyclic) bond motifs is 1. The van der Waals surface area contributed by atoms with Crippen molar-refractivity contribution in [2.24, 2.45) is 0 Å². The molecule has 0 saturated heterocycles. The maximum atomic E-state index is 12.4. The average molecular weight is 339 g/mol. The van der Waals surface area contributed by atoms with Gasteiger partial charge in [-0.25, -0.2) is 9.78 Å². The summed E-state index contributed by atoms with van der Waals surface area (Å²) in [5.41, 5.74) is 2.98. The predicted octanol–water partition coefficient (Wildman–Crippen LogP) is 2.25. The molecule has 8 nitrogen and oxygen atoms in total. The lowest BCUT2D eigenvalue weighted by Crippen LogP contribution is -2.34. The molecule has 0 aliphatic carbocycles. The molecule has 0 fully saturated rings. The Balaban J connectivity index is 1.69. The van der Waals surface area contributed by atoms with Crippen molar-refractivity contribution in [1.82, 2.24) is 20.2 Å². The summed E-state index contributed by atoms with van der Waals surface area (Å²) >= 11 is 0. The fourth-order valence-electron chi connectivity index (χ4n) is 2.18. The SMILES string of the molecule is CN(C)C(=O)NCc1cc(C(=O)Nc2ccc3ocnc3c2)ccn1. The van der Waals surface area contributed by atoms with Gasteiger partial charge >= 0.3 is 6.03 Å². The summed E-state index contributed by atoms with van der Waals surface area (Å²) in [6.07, 6.45) is 2.89. The Morgan fingerprint density at radius 3 is 2.80 bits per heavy atom. The van der Waals surface area contributed by atoms with Gasteiger partial charge in [0.15, 0.2) is 12.0 Å². The standard InChI is InChI=1S/C17H17N5O3/c1-22(2)17(24)19-9-13-7-11(5-6-18-13)16(23)21-12-3-4-15-14(8-12)20-10-25-15/h3-8,10H,9H2,1-2H3,(H,19,24)(H,21,23). The second-order valence-corrected chi connectivity index (χ2v) is 5.58. The van der Waals surface area contributed by atoms with Gasteiger partial charge in [0, 0.05) is 31.5 Å². The fourth-order valence-corrected chi connectivity index (χ4v) is 2.18. The number of hydrogen-bond donors (Lipinski definition) is 2. The largest absolute Gasteiger partial charge is 0.443 e. The number of urea groups is 1. The normalized spacial score (nSPS) is 10.5. The highest BCUT2D eigenvalue weighted by atomic mass is 16.3. The number of oxazole rings is 1. The second-order valence-electron chi connectivity index (χ2n) is 5.58. The molecule has 2 aromatic heterocycles. The van der Waals surface area contributed by atoms with Gasteiger partial charge in [0.25, 0.3) is 5.91 Å². The number of nitrogens with zero attached hydrogens (tertiary/aromatic N) is 3. The van der Waals surface area contributed by atoms with Gasteiger partial charge in [-0.05, 0) is 30.3 Å². The van der Waals surface area contributed by atoms with Gasteiger partial charge in [0.05, 0.1) is 12.2 Å². The van der Waals surface area contributed by atoms with Crippen molar-refractivity contribution in [1.29, 1.82) is 0 Å². The zero-order chi connectivity index (χ0) is 17.8. The van der Waals surface area contributed by atoms with Crippen molar-refractivity contribution < 1.29 is 14.0 Å². The van der Waals surface area contributed by atoms with Crippen LogP contribution in [0.5, 0.6) is 0 Å². The quantitative estimate of drug-likeness (QED) is 0.759. The lowest BCUT2D eigenvalue weighted by molar-refractivity contribution is 0.102. The van der Waals surface area contributed by atoms with E-state index >= 15 is 0 Å². The first-order valence-electron chi connectivity index (χ1n) is 7.57. The van der Waals surface area contributed by atoms with E-state index in [9.17, 15) is 9.59 Å². The van der Waals surface area contributed by atoms with E-state index in [1.807, 2.05) is 0 Å². The summed E-state index contributed by atoms with van der Waals surface area (Å²) in [7, 11) is 3.30. The van der Waals surface area contributed by atoms with Crippen LogP contribution < -0.4 is 10.6 Å². The molecule has 128 valence electrons. The molecule has 0 bridgehead atoms. The van der Waals surface area contributed by atoms with E-state index < -0.39 is 0 Å². The molecule has 25 heavy (non-hydrogen) atoms. The van der Waals surface area contributed by atoms with Gasteiger partial charge in [-0.15, -0.1) is 0 Å². The molecule has 8 heteroatoms. The number of amides is 3. The van der Waals surface area contributed by atoms with Gasteiger partial charge in [-0.2, -0.15) is 0 Å². The topological polar surface area (TPSA) is 100 Å². The van der Waals surface area contributed by atoms with Crippen molar-refractivity contribution in [2.75, 3.05) is 19.4 Å². The summed E-state index contributed by atoms with van der Waals surface area (Å²) < 4.78 is 5.17. The Bertz CT molecular complexity index is 919. The highest BCUT2D eigenvalue weighted by Gasteiger charge is 2.10. The van der Waals surface area contributed by atoms with Crippen molar-refractivity contribution in [3.63, 3.8) is 0 Å². The van der Waals surface area contributed by atoms with E-state index in [1.54, 1.807) is 44.4 Å². The lowest BCUT2D eigenvalue weighted by Gasteiger charge is -2.12. The van der Waals surface area contributed by atoms with Crippen molar-refractivity contribution in [3.05, 3.63) is 54.2 Å². The second kappa shape index (κ2) is 7.00. The molecule has 3 rings (SSSR count). The van der Waals surface area contributed by atoms with Crippen LogP contribution >= 0.6 is 0 Å². The molecular weight excluding hydrogens is 322 g/mol. The molecule has 3 aromatic rings. The molecule has 0 unspecified atom stereocenters. The summed E-state index contributed by atoms with van der Waals surface area (Å²) in [5.74, 6) is -0.273. The van der Waals surface area contributed by atoms with Crippen LogP contribution in [-0.2, 0) is 6.54 Å². The number of benzene rings is 1. The van der Waals surface area contributed by atoms with Crippen LogP contribution in [0.25, 0.3) is 11.1 Å². The molecule has 0 aliphatic heterocycles. The first kappa shape index (κ1) is 16.4. The van der Waals surface area contributed by atoms with E-state index in [2.05, 4.69) is 20.6 Å². The molecular formula is C17H17N5O3. The molecule has 0 spiro atoms. The fraction of sp³-hybridized carbons (Fsp3) is 0.176. The van der Waals surface area contributed by atoms with Gasteiger partial charge in [-0.3, -0.25) is 9.78 Å². The summed E-state index contributed by atoms with van der Waals surface area (Å²) in [6.45, 7) is 0.239. The van der Waals surface area contributed by atoms with Crippen LogP contribution in [0.4, 0.5) is 10.5 Å². The summed E-state index contributed by atoms with van der Waals surface area (Å²) in [6, 6.07) is 8.24. The zero-order valence-corrected chi connectivity index (χ0v) is 13.8. The van der Waals surface area contributed by atoms with Crippen LogP contribution in [0.2, 0.25) is 0 Å². The number of anilines is 1. The smallest absolute Gasteiger partial charge is 0.317 e. The number of carbonyl (C=O) groups excluding carboxylic acids is 2. The molecule has 3 amide bonds. The van der Waals surface area contributed by atoms with Crippen molar-refractivity contribution >= 4 is 28.7 Å². The number of pyridine rings is 1. The molecule has 0 radical (unpaired) electrons.